The minimum Gasteiger partial charge on any atom is -0.360 e. The molecule has 1 heterocycles. The number of amides is 2. The Hall–Kier alpha value is -2.83. The van der Waals surface area contributed by atoms with Crippen molar-refractivity contribution in [2.45, 2.75) is 20.8 Å². The molecule has 2 aromatic carbocycles. The summed E-state index contributed by atoms with van der Waals surface area (Å²) in [6.45, 7) is 5.24. The molecule has 29 heavy (non-hydrogen) atoms. The monoisotopic (exact) mass is 431 g/mol. The van der Waals surface area contributed by atoms with Gasteiger partial charge < -0.3 is 15.2 Å². The third kappa shape index (κ3) is 4.60. The number of benzene rings is 2. The van der Waals surface area contributed by atoms with Crippen LogP contribution in [0.15, 0.2) is 47.0 Å². The average molecular weight is 432 g/mol. The quantitative estimate of drug-likeness (QED) is 0.534. The molecule has 2 amide bonds. The molecule has 3 aromatic rings. The normalized spacial score (nSPS) is 10.8. The van der Waals surface area contributed by atoms with Crippen LogP contribution in [0.25, 0.3) is 11.3 Å². The minimum absolute atomic E-state index is 0.112. The van der Waals surface area contributed by atoms with E-state index in [1.54, 1.807) is 63.2 Å². The van der Waals surface area contributed by atoms with Crippen molar-refractivity contribution < 1.29 is 14.1 Å². The zero-order chi connectivity index (χ0) is 21.1. The standard InChI is InChI=1S/C21H19Cl2N3O3/c1-11(2)20(27)24-13-6-4-7-14(10-13)25-21(28)17-12(3)29-26-19(17)18-15(22)8-5-9-16(18)23/h4-11H,1-3H3,(H,24,27)(H,25,28). The van der Waals surface area contributed by atoms with Gasteiger partial charge in [-0.3, -0.25) is 9.59 Å². The number of hydrogen-bond acceptors (Lipinski definition) is 4. The van der Waals surface area contributed by atoms with Gasteiger partial charge in [0.2, 0.25) is 5.91 Å². The fourth-order valence-electron chi connectivity index (χ4n) is 2.69. The summed E-state index contributed by atoms with van der Waals surface area (Å²) in [6, 6.07) is 11.9. The Bertz CT molecular complexity index is 1060. The SMILES string of the molecule is Cc1onc(-c2c(Cl)cccc2Cl)c1C(=O)Nc1cccc(NC(=O)C(C)C)c1. The van der Waals surface area contributed by atoms with Crippen LogP contribution in [0.1, 0.15) is 30.0 Å². The molecule has 0 unspecified atom stereocenters. The molecule has 0 atom stereocenters. The number of aryl methyl sites for hydroxylation is 1. The maximum absolute atomic E-state index is 13.0. The number of nitrogens with one attached hydrogen (secondary N) is 2. The Balaban J connectivity index is 1.90. The number of hydrogen-bond donors (Lipinski definition) is 2. The highest BCUT2D eigenvalue weighted by Gasteiger charge is 2.25. The first-order chi connectivity index (χ1) is 13.8. The summed E-state index contributed by atoms with van der Waals surface area (Å²) in [5, 5.41) is 10.3. The largest absolute Gasteiger partial charge is 0.360 e. The van der Waals surface area contributed by atoms with Crippen LogP contribution in [-0.4, -0.2) is 17.0 Å². The lowest BCUT2D eigenvalue weighted by Crippen LogP contribution is -2.18. The van der Waals surface area contributed by atoms with Crippen LogP contribution in [0.3, 0.4) is 0 Å². The van der Waals surface area contributed by atoms with E-state index in [1.165, 1.54) is 0 Å². The van der Waals surface area contributed by atoms with Crippen LogP contribution in [-0.2, 0) is 4.79 Å². The molecule has 6 nitrogen and oxygen atoms in total. The van der Waals surface area contributed by atoms with Crippen molar-refractivity contribution in [3.8, 4) is 11.3 Å². The molecule has 0 spiro atoms. The average Bonchev–Trinajstić information content (AvgIpc) is 3.03. The number of carbonyl (C=O) groups is 2. The van der Waals surface area contributed by atoms with E-state index in [0.29, 0.717) is 32.7 Å². The molecule has 0 aliphatic rings. The second-order valence-electron chi connectivity index (χ2n) is 6.74. The van der Waals surface area contributed by atoms with Crippen LogP contribution in [0.4, 0.5) is 11.4 Å². The van der Waals surface area contributed by atoms with Crippen molar-refractivity contribution >= 4 is 46.4 Å². The molecule has 8 heteroatoms. The maximum atomic E-state index is 13.0. The first kappa shape index (κ1) is 20.9. The molecular weight excluding hydrogens is 413 g/mol. The molecule has 150 valence electrons. The lowest BCUT2D eigenvalue weighted by atomic mass is 10.1. The van der Waals surface area contributed by atoms with Gasteiger partial charge in [0.25, 0.3) is 5.91 Å². The van der Waals surface area contributed by atoms with Crippen LogP contribution >= 0.6 is 23.2 Å². The predicted octanol–water partition coefficient (Wildman–Crippen LogP) is 5.80. The summed E-state index contributed by atoms with van der Waals surface area (Å²) in [6.07, 6.45) is 0. The predicted molar refractivity (Wildman–Crippen MR) is 115 cm³/mol. The summed E-state index contributed by atoms with van der Waals surface area (Å²) >= 11 is 12.5. The molecule has 0 fully saturated rings. The summed E-state index contributed by atoms with van der Waals surface area (Å²) in [4.78, 5) is 24.9. The highest BCUT2D eigenvalue weighted by molar-refractivity contribution is 6.39. The van der Waals surface area contributed by atoms with Crippen molar-refractivity contribution in [1.29, 1.82) is 0 Å². The highest BCUT2D eigenvalue weighted by atomic mass is 35.5. The van der Waals surface area contributed by atoms with Gasteiger partial charge in [-0.05, 0) is 37.3 Å². The van der Waals surface area contributed by atoms with Crippen molar-refractivity contribution in [2.24, 2.45) is 5.92 Å². The van der Waals surface area contributed by atoms with E-state index in [9.17, 15) is 9.59 Å². The molecule has 1 aromatic heterocycles. The van der Waals surface area contributed by atoms with E-state index in [2.05, 4.69) is 15.8 Å². The van der Waals surface area contributed by atoms with E-state index < -0.39 is 5.91 Å². The van der Waals surface area contributed by atoms with Gasteiger partial charge in [-0.2, -0.15) is 0 Å². The Kier molecular flexibility index (Phi) is 6.25. The van der Waals surface area contributed by atoms with E-state index in [0.717, 1.165) is 0 Å². The van der Waals surface area contributed by atoms with Crippen LogP contribution in [0, 0.1) is 12.8 Å². The highest BCUT2D eigenvalue weighted by Crippen LogP contribution is 2.37. The van der Waals surface area contributed by atoms with Crippen molar-refractivity contribution in [3.05, 3.63) is 63.8 Å². The number of carbonyl (C=O) groups excluding carboxylic acids is 2. The molecule has 0 saturated carbocycles. The van der Waals surface area contributed by atoms with Crippen molar-refractivity contribution in [2.75, 3.05) is 10.6 Å². The third-order valence-electron chi connectivity index (χ3n) is 4.20. The molecule has 0 radical (unpaired) electrons. The third-order valence-corrected chi connectivity index (χ3v) is 4.83. The van der Waals surface area contributed by atoms with Crippen molar-refractivity contribution in [3.63, 3.8) is 0 Å². The number of nitrogens with zero attached hydrogens (tertiary/aromatic N) is 1. The van der Waals surface area contributed by atoms with E-state index in [-0.39, 0.29) is 23.1 Å². The minimum atomic E-state index is -0.429. The Labute approximate surface area is 178 Å². The molecule has 0 aliphatic heterocycles. The topological polar surface area (TPSA) is 84.2 Å². The van der Waals surface area contributed by atoms with Gasteiger partial charge in [-0.1, -0.05) is 54.3 Å². The smallest absolute Gasteiger partial charge is 0.261 e. The van der Waals surface area contributed by atoms with Crippen molar-refractivity contribution in [1.82, 2.24) is 5.16 Å². The number of anilines is 2. The summed E-state index contributed by atoms with van der Waals surface area (Å²) in [5.74, 6) is -0.366. The van der Waals surface area contributed by atoms with Gasteiger partial charge in [0.15, 0.2) is 0 Å². The first-order valence-corrected chi connectivity index (χ1v) is 9.66. The van der Waals surface area contributed by atoms with Gasteiger partial charge in [-0.25, -0.2) is 0 Å². The van der Waals surface area contributed by atoms with Gasteiger partial charge in [-0.15, -0.1) is 0 Å². The van der Waals surface area contributed by atoms with E-state index >= 15 is 0 Å². The second kappa shape index (κ2) is 8.68. The molecule has 0 bridgehead atoms. The van der Waals surface area contributed by atoms with E-state index in [4.69, 9.17) is 27.7 Å². The van der Waals surface area contributed by atoms with E-state index in [1.807, 2.05) is 0 Å². The molecule has 0 saturated heterocycles. The first-order valence-electron chi connectivity index (χ1n) is 8.91. The molecule has 0 aliphatic carbocycles. The maximum Gasteiger partial charge on any atom is 0.261 e. The lowest BCUT2D eigenvalue weighted by Gasteiger charge is -2.11. The van der Waals surface area contributed by atoms with Gasteiger partial charge in [0.05, 0.1) is 10.0 Å². The van der Waals surface area contributed by atoms with Gasteiger partial charge >= 0.3 is 0 Å². The summed E-state index contributed by atoms with van der Waals surface area (Å²) < 4.78 is 5.24. The van der Waals surface area contributed by atoms with Gasteiger partial charge in [0.1, 0.15) is 17.0 Å². The number of halogens is 2. The zero-order valence-corrected chi connectivity index (χ0v) is 17.6. The molecular formula is C21H19Cl2N3O3. The van der Waals surface area contributed by atoms with Crippen LogP contribution < -0.4 is 10.6 Å². The fraction of sp³-hybridized carbons (Fsp3) is 0.190. The lowest BCUT2D eigenvalue weighted by molar-refractivity contribution is -0.118. The van der Waals surface area contributed by atoms with Crippen LogP contribution in [0.2, 0.25) is 10.0 Å². The van der Waals surface area contributed by atoms with Gasteiger partial charge in [0, 0.05) is 22.9 Å². The fourth-order valence-corrected chi connectivity index (χ4v) is 3.27. The number of aromatic nitrogens is 1. The molecule has 2 N–H and O–H groups in total. The Morgan fingerprint density at radius 3 is 2.21 bits per heavy atom. The Morgan fingerprint density at radius 2 is 1.59 bits per heavy atom. The Morgan fingerprint density at radius 1 is 1.00 bits per heavy atom. The summed E-state index contributed by atoms with van der Waals surface area (Å²) in [7, 11) is 0. The van der Waals surface area contributed by atoms with Crippen LogP contribution in [0.5, 0.6) is 0 Å². The molecule has 3 rings (SSSR count). The number of rotatable bonds is 5. The summed E-state index contributed by atoms with van der Waals surface area (Å²) in [5.41, 5.74) is 2.01. The zero-order valence-electron chi connectivity index (χ0n) is 16.0. The second-order valence-corrected chi connectivity index (χ2v) is 7.55.